The molecular weight excluding hydrogens is 331 g/mol. The maximum absolute atomic E-state index is 12.7. The van der Waals surface area contributed by atoms with Crippen LogP contribution in [0.2, 0.25) is 10.0 Å². The number of halogens is 2. The number of carbonyl (C=O) groups is 1. The van der Waals surface area contributed by atoms with Crippen LogP contribution >= 0.6 is 35.4 Å². The number of nitrogens with one attached hydrogen (secondary N) is 1. The van der Waals surface area contributed by atoms with Gasteiger partial charge in [0, 0.05) is 6.04 Å². The van der Waals surface area contributed by atoms with E-state index in [0.29, 0.717) is 10.8 Å². The topological polar surface area (TPSA) is 52.6 Å². The number of hydrogen-bond acceptors (Lipinski definition) is 3. The number of rotatable bonds is 1. The highest BCUT2D eigenvalue weighted by molar-refractivity contribution is 7.80. The highest BCUT2D eigenvalue weighted by Gasteiger charge is 2.41. The van der Waals surface area contributed by atoms with Crippen molar-refractivity contribution < 1.29 is 9.90 Å². The van der Waals surface area contributed by atoms with Crippen LogP contribution in [0, 0.1) is 5.92 Å². The van der Waals surface area contributed by atoms with Crippen LogP contribution in [-0.4, -0.2) is 22.2 Å². The number of aromatic hydroxyl groups is 1. The van der Waals surface area contributed by atoms with Gasteiger partial charge in [-0.25, -0.2) is 0 Å². The van der Waals surface area contributed by atoms with Gasteiger partial charge in [-0.15, -0.1) is 0 Å². The number of thiocarbonyl (C=S) groups is 1. The molecule has 3 rings (SSSR count). The first-order valence-corrected chi connectivity index (χ1v) is 7.98. The molecule has 1 aliphatic carbocycles. The molecule has 1 aliphatic heterocycles. The van der Waals surface area contributed by atoms with E-state index >= 15 is 0 Å². The van der Waals surface area contributed by atoms with E-state index in [1.807, 2.05) is 0 Å². The van der Waals surface area contributed by atoms with E-state index < -0.39 is 0 Å². The summed E-state index contributed by atoms with van der Waals surface area (Å²) in [6.45, 7) is 0. The zero-order valence-electron chi connectivity index (χ0n) is 11.1. The predicted octanol–water partition coefficient (Wildman–Crippen LogP) is 3.48. The van der Waals surface area contributed by atoms with Gasteiger partial charge in [0.25, 0.3) is 0 Å². The zero-order valence-corrected chi connectivity index (χ0v) is 13.4. The van der Waals surface area contributed by atoms with Crippen molar-refractivity contribution in [1.29, 1.82) is 0 Å². The molecule has 2 fully saturated rings. The van der Waals surface area contributed by atoms with Gasteiger partial charge in [-0.3, -0.25) is 9.69 Å². The van der Waals surface area contributed by atoms with E-state index in [1.165, 1.54) is 17.0 Å². The number of hydrogen-bond donors (Lipinski definition) is 2. The summed E-state index contributed by atoms with van der Waals surface area (Å²) >= 11 is 17.2. The third-order valence-electron chi connectivity index (χ3n) is 4.08. The molecule has 1 heterocycles. The SMILES string of the molecule is O=C1C2CCCCC2NC(=S)N1c1cc(Cl)c(O)c(Cl)c1. The fraction of sp³-hybridized carbons (Fsp3) is 0.429. The fourth-order valence-electron chi connectivity index (χ4n) is 3.01. The summed E-state index contributed by atoms with van der Waals surface area (Å²) < 4.78 is 0. The van der Waals surface area contributed by atoms with E-state index in [0.717, 1.165) is 25.7 Å². The number of fused-ring (bicyclic) bond motifs is 1. The van der Waals surface area contributed by atoms with Crippen LogP contribution < -0.4 is 10.2 Å². The van der Waals surface area contributed by atoms with Crippen molar-refractivity contribution in [2.24, 2.45) is 5.92 Å². The number of phenolic OH excluding ortho intramolecular Hbond substituents is 1. The number of anilines is 1. The van der Waals surface area contributed by atoms with E-state index in [9.17, 15) is 9.90 Å². The molecule has 7 heteroatoms. The van der Waals surface area contributed by atoms with Gasteiger partial charge >= 0.3 is 0 Å². The first kappa shape index (κ1) is 14.9. The van der Waals surface area contributed by atoms with Gasteiger partial charge in [0.2, 0.25) is 5.91 Å². The minimum absolute atomic E-state index is 0.0266. The Morgan fingerprint density at radius 3 is 2.52 bits per heavy atom. The highest BCUT2D eigenvalue weighted by atomic mass is 35.5. The maximum Gasteiger partial charge on any atom is 0.238 e. The monoisotopic (exact) mass is 344 g/mol. The maximum atomic E-state index is 12.7. The van der Waals surface area contributed by atoms with Crippen LogP contribution in [0.15, 0.2) is 12.1 Å². The van der Waals surface area contributed by atoms with E-state index in [-0.39, 0.29) is 33.7 Å². The highest BCUT2D eigenvalue weighted by Crippen LogP contribution is 2.38. The summed E-state index contributed by atoms with van der Waals surface area (Å²) in [5.41, 5.74) is 0.481. The Morgan fingerprint density at radius 1 is 1.24 bits per heavy atom. The molecule has 2 aliphatic rings. The molecule has 1 aromatic rings. The molecule has 1 amide bonds. The van der Waals surface area contributed by atoms with Crippen LogP contribution in [-0.2, 0) is 4.79 Å². The summed E-state index contributed by atoms with van der Waals surface area (Å²) in [5, 5.41) is 13.4. The van der Waals surface area contributed by atoms with Crippen molar-refractivity contribution in [3.05, 3.63) is 22.2 Å². The Kier molecular flexibility index (Phi) is 3.99. The second-order valence-corrected chi connectivity index (χ2v) is 6.58. The largest absolute Gasteiger partial charge is 0.505 e. The van der Waals surface area contributed by atoms with Gasteiger partial charge in [0.05, 0.1) is 21.7 Å². The lowest BCUT2D eigenvalue weighted by Gasteiger charge is -2.41. The fourth-order valence-corrected chi connectivity index (χ4v) is 3.84. The molecule has 1 saturated heterocycles. The van der Waals surface area contributed by atoms with Gasteiger partial charge in [0.1, 0.15) is 0 Å². The average Bonchev–Trinajstić information content (AvgIpc) is 2.44. The molecule has 0 spiro atoms. The Hall–Kier alpha value is -1.04. The van der Waals surface area contributed by atoms with Crippen molar-refractivity contribution in [1.82, 2.24) is 5.32 Å². The van der Waals surface area contributed by atoms with E-state index in [2.05, 4.69) is 5.32 Å². The summed E-state index contributed by atoms with van der Waals surface area (Å²) in [7, 11) is 0. The van der Waals surface area contributed by atoms with Gasteiger partial charge in [-0.2, -0.15) is 0 Å². The molecule has 1 aromatic carbocycles. The van der Waals surface area contributed by atoms with Gasteiger partial charge in [-0.1, -0.05) is 36.0 Å². The quantitative estimate of drug-likeness (QED) is 0.765. The minimum Gasteiger partial charge on any atom is -0.505 e. The number of nitrogens with zero attached hydrogens (tertiary/aromatic N) is 1. The van der Waals surface area contributed by atoms with Gasteiger partial charge in [0.15, 0.2) is 10.9 Å². The molecule has 0 radical (unpaired) electrons. The van der Waals surface area contributed by atoms with Crippen molar-refractivity contribution >= 4 is 52.1 Å². The van der Waals surface area contributed by atoms with E-state index in [4.69, 9.17) is 35.4 Å². The number of amides is 1. The molecule has 0 aromatic heterocycles. The number of carbonyl (C=O) groups excluding carboxylic acids is 1. The second-order valence-electron chi connectivity index (χ2n) is 5.38. The number of phenols is 1. The molecule has 2 N–H and O–H groups in total. The van der Waals surface area contributed by atoms with Crippen molar-refractivity contribution in [2.45, 2.75) is 31.7 Å². The summed E-state index contributed by atoms with van der Waals surface area (Å²) in [4.78, 5) is 14.2. The molecule has 4 nitrogen and oxygen atoms in total. The lowest BCUT2D eigenvalue weighted by atomic mass is 9.82. The van der Waals surface area contributed by atoms with Crippen molar-refractivity contribution in [3.63, 3.8) is 0 Å². The molecule has 1 saturated carbocycles. The summed E-state index contributed by atoms with van der Waals surface area (Å²) in [6, 6.07) is 3.12. The Morgan fingerprint density at radius 2 is 1.86 bits per heavy atom. The van der Waals surface area contributed by atoms with Crippen LogP contribution in [0.5, 0.6) is 5.75 Å². The van der Waals surface area contributed by atoms with Crippen molar-refractivity contribution in [2.75, 3.05) is 4.90 Å². The van der Waals surface area contributed by atoms with Crippen molar-refractivity contribution in [3.8, 4) is 5.75 Å². The summed E-state index contributed by atoms with van der Waals surface area (Å²) in [6.07, 6.45) is 3.98. The van der Waals surface area contributed by atoms with Crippen LogP contribution in [0.4, 0.5) is 5.69 Å². The first-order chi connectivity index (χ1) is 9.99. The number of benzene rings is 1. The Bertz CT molecular complexity index is 600. The van der Waals surface area contributed by atoms with Crippen LogP contribution in [0.1, 0.15) is 25.7 Å². The van der Waals surface area contributed by atoms with E-state index in [1.54, 1.807) is 0 Å². The van der Waals surface area contributed by atoms with Crippen LogP contribution in [0.25, 0.3) is 0 Å². The first-order valence-electron chi connectivity index (χ1n) is 6.81. The van der Waals surface area contributed by atoms with Crippen LogP contribution in [0.3, 0.4) is 0 Å². The zero-order chi connectivity index (χ0) is 15.1. The third-order valence-corrected chi connectivity index (χ3v) is 4.95. The second kappa shape index (κ2) is 5.63. The molecule has 112 valence electrons. The minimum atomic E-state index is -0.194. The Labute approximate surface area is 138 Å². The standard InChI is InChI=1S/C14H14Cl2N2O2S/c15-9-5-7(6-10(16)12(9)19)18-13(20)8-3-1-2-4-11(8)17-14(18)21/h5-6,8,11,19H,1-4H2,(H,17,21). The molecular formula is C14H14Cl2N2O2S. The molecule has 2 atom stereocenters. The lowest BCUT2D eigenvalue weighted by molar-refractivity contribution is -0.123. The lowest BCUT2D eigenvalue weighted by Crippen LogP contribution is -2.61. The third kappa shape index (κ3) is 2.58. The smallest absolute Gasteiger partial charge is 0.238 e. The normalized spacial score (nSPS) is 25.5. The van der Waals surface area contributed by atoms with Gasteiger partial charge < -0.3 is 10.4 Å². The molecule has 0 bridgehead atoms. The molecule has 2 unspecified atom stereocenters. The molecule has 21 heavy (non-hydrogen) atoms. The predicted molar refractivity (Wildman–Crippen MR) is 87.1 cm³/mol. The van der Waals surface area contributed by atoms with Gasteiger partial charge in [-0.05, 0) is 37.2 Å². The average molecular weight is 345 g/mol. The Balaban J connectivity index is 1.97. The summed E-state index contributed by atoms with van der Waals surface area (Å²) in [5.74, 6) is -0.293.